The first-order valence-corrected chi connectivity index (χ1v) is 9.39. The van der Waals surface area contributed by atoms with E-state index in [1.807, 2.05) is 24.3 Å². The zero-order valence-corrected chi connectivity index (χ0v) is 16.4. The Morgan fingerprint density at radius 3 is 2.53 bits per heavy atom. The monoisotopic (exact) mass is 416 g/mol. The van der Waals surface area contributed by atoms with E-state index in [1.54, 1.807) is 6.20 Å². The van der Waals surface area contributed by atoms with E-state index in [0.717, 1.165) is 11.3 Å². The first kappa shape index (κ1) is 22.7. The fourth-order valence-corrected chi connectivity index (χ4v) is 2.96. The highest BCUT2D eigenvalue weighted by atomic mass is 16.4. The van der Waals surface area contributed by atoms with Gasteiger partial charge >= 0.3 is 5.97 Å². The van der Waals surface area contributed by atoms with Crippen molar-refractivity contribution in [1.29, 1.82) is 0 Å². The Kier molecular flexibility index (Phi) is 8.18. The molecule has 0 aliphatic carbocycles. The molecule has 0 fully saturated rings. The molecule has 1 aromatic rings. The van der Waals surface area contributed by atoms with E-state index in [2.05, 4.69) is 20.9 Å². The van der Waals surface area contributed by atoms with Gasteiger partial charge in [0.25, 0.3) is 0 Å². The first-order chi connectivity index (χ1) is 14.3. The number of carbonyl (C=O) groups is 3. The number of carboxylic acids is 1. The van der Waals surface area contributed by atoms with Gasteiger partial charge in [-0.3, -0.25) is 19.9 Å². The number of nitrogens with two attached hydrogens (primary N) is 3. The van der Waals surface area contributed by atoms with E-state index in [1.165, 1.54) is 0 Å². The Labute approximate surface area is 173 Å². The summed E-state index contributed by atoms with van der Waals surface area (Å²) < 4.78 is 0. The quantitative estimate of drug-likeness (QED) is 0.147. The van der Waals surface area contributed by atoms with Crippen LogP contribution in [-0.4, -0.2) is 54.0 Å². The lowest BCUT2D eigenvalue weighted by molar-refractivity contribution is -0.142. The highest BCUT2D eigenvalue weighted by Crippen LogP contribution is 2.32. The van der Waals surface area contributed by atoms with Gasteiger partial charge in [0.1, 0.15) is 12.1 Å². The topological polar surface area (TPSA) is 200 Å². The van der Waals surface area contributed by atoms with Crippen molar-refractivity contribution in [2.75, 3.05) is 13.1 Å². The van der Waals surface area contributed by atoms with Crippen molar-refractivity contribution in [3.8, 4) is 0 Å². The van der Waals surface area contributed by atoms with Crippen LogP contribution < -0.4 is 33.2 Å². The predicted molar refractivity (Wildman–Crippen MR) is 111 cm³/mol. The molecule has 11 heteroatoms. The van der Waals surface area contributed by atoms with Crippen LogP contribution in [-0.2, 0) is 14.4 Å². The molecule has 0 saturated carbocycles. The summed E-state index contributed by atoms with van der Waals surface area (Å²) in [5.41, 5.74) is 18.1. The summed E-state index contributed by atoms with van der Waals surface area (Å²) in [7, 11) is 0. The Bertz CT molecular complexity index is 849. The van der Waals surface area contributed by atoms with Gasteiger partial charge in [-0.05, 0) is 24.5 Å². The minimum absolute atomic E-state index is 0.0488. The molecule has 0 spiro atoms. The van der Waals surface area contributed by atoms with Crippen LogP contribution in [0.3, 0.4) is 0 Å². The van der Waals surface area contributed by atoms with Gasteiger partial charge < -0.3 is 32.9 Å². The number of fused-ring (bicyclic) bond motifs is 1. The molecule has 2 atom stereocenters. The molecule has 1 radical (unpaired) electrons. The third-order valence-electron chi connectivity index (χ3n) is 4.43. The number of para-hydroxylation sites is 1. The number of hydrogen-bond acceptors (Lipinski definition) is 5. The Hall–Kier alpha value is -3.60. The number of rotatable bonds is 11. The molecular weight excluding hydrogens is 390 g/mol. The van der Waals surface area contributed by atoms with E-state index in [4.69, 9.17) is 17.2 Å². The van der Waals surface area contributed by atoms with Crippen molar-refractivity contribution in [3.63, 3.8) is 0 Å². The number of nitrogens with one attached hydrogen (secondary N) is 2. The molecule has 11 nitrogen and oxygen atoms in total. The number of aliphatic carboxylic acids is 1. The lowest BCUT2D eigenvalue weighted by Crippen LogP contribution is -2.52. The summed E-state index contributed by atoms with van der Waals surface area (Å²) in [6, 6.07) is 5.17. The average Bonchev–Trinajstić information content (AvgIpc) is 3.12. The first-order valence-electron chi connectivity index (χ1n) is 9.39. The van der Waals surface area contributed by atoms with E-state index in [9.17, 15) is 19.5 Å². The zero-order chi connectivity index (χ0) is 22.1. The molecule has 0 aromatic heterocycles. The van der Waals surface area contributed by atoms with Crippen molar-refractivity contribution < 1.29 is 19.5 Å². The highest BCUT2D eigenvalue weighted by Gasteiger charge is 2.28. The van der Waals surface area contributed by atoms with Gasteiger partial charge in [-0.25, -0.2) is 4.79 Å². The third-order valence-corrected chi connectivity index (χ3v) is 4.43. The fourth-order valence-electron chi connectivity index (χ4n) is 2.96. The highest BCUT2D eigenvalue weighted by molar-refractivity contribution is 5.92. The maximum Gasteiger partial charge on any atom is 0.326 e. The largest absolute Gasteiger partial charge is 0.480 e. The molecule has 1 heterocycles. The summed E-state index contributed by atoms with van der Waals surface area (Å²) in [4.78, 5) is 40.0. The Morgan fingerprint density at radius 1 is 1.13 bits per heavy atom. The van der Waals surface area contributed by atoms with Crippen LogP contribution in [0.25, 0.3) is 5.57 Å². The van der Waals surface area contributed by atoms with E-state index < -0.39 is 29.9 Å². The van der Waals surface area contributed by atoms with Crippen molar-refractivity contribution in [2.24, 2.45) is 22.2 Å². The minimum Gasteiger partial charge on any atom is -0.480 e. The normalized spacial score (nSPS) is 13.8. The maximum atomic E-state index is 12.7. The average molecular weight is 416 g/mol. The molecule has 1 aliphatic heterocycles. The van der Waals surface area contributed by atoms with E-state index >= 15 is 0 Å². The number of guanidine groups is 1. The molecule has 9 N–H and O–H groups in total. The molecular formula is C19H26N7O4. The van der Waals surface area contributed by atoms with Gasteiger partial charge in [0.05, 0.1) is 12.2 Å². The molecule has 161 valence electrons. The second-order valence-corrected chi connectivity index (χ2v) is 6.68. The summed E-state index contributed by atoms with van der Waals surface area (Å²) in [6.07, 6.45) is 2.25. The van der Waals surface area contributed by atoms with Gasteiger partial charge in [0.15, 0.2) is 5.96 Å². The molecule has 0 bridgehead atoms. The number of carboxylic acid groups (broad SMARTS) is 1. The summed E-state index contributed by atoms with van der Waals surface area (Å²) in [6.45, 7) is -0.0383. The molecule has 30 heavy (non-hydrogen) atoms. The summed E-state index contributed by atoms with van der Waals surface area (Å²) >= 11 is 0. The minimum atomic E-state index is -1.20. The van der Waals surface area contributed by atoms with Crippen LogP contribution in [0, 0.1) is 0 Å². The lowest BCUT2D eigenvalue weighted by atomic mass is 9.99. The molecule has 1 aromatic carbocycles. The van der Waals surface area contributed by atoms with Gasteiger partial charge in [-0.2, -0.15) is 0 Å². The van der Waals surface area contributed by atoms with Gasteiger partial charge in [-0.1, -0.05) is 18.2 Å². The smallest absolute Gasteiger partial charge is 0.326 e. The number of hydrogen-bond donors (Lipinski definition) is 6. The van der Waals surface area contributed by atoms with Crippen LogP contribution in [0.1, 0.15) is 24.8 Å². The number of amides is 2. The lowest BCUT2D eigenvalue weighted by Gasteiger charge is -2.21. The van der Waals surface area contributed by atoms with Gasteiger partial charge in [0.2, 0.25) is 11.8 Å². The molecule has 0 saturated heterocycles. The van der Waals surface area contributed by atoms with Crippen LogP contribution in [0.4, 0.5) is 5.69 Å². The van der Waals surface area contributed by atoms with Crippen molar-refractivity contribution in [2.45, 2.75) is 31.3 Å². The maximum absolute atomic E-state index is 12.7. The Balaban J connectivity index is 2.04. The number of benzene rings is 1. The SMILES string of the molecule is NCC(=O)NC(CCCN=C(N)N)C(=O)NC(CC1=C[N]c2ccccc21)C(=O)O. The van der Waals surface area contributed by atoms with E-state index in [0.29, 0.717) is 12.0 Å². The van der Waals surface area contributed by atoms with Crippen LogP contribution in [0.5, 0.6) is 0 Å². The van der Waals surface area contributed by atoms with Crippen molar-refractivity contribution in [1.82, 2.24) is 16.0 Å². The van der Waals surface area contributed by atoms with Crippen LogP contribution in [0.2, 0.25) is 0 Å². The molecule has 1 aliphatic rings. The number of nitrogens with zero attached hydrogens (tertiary/aromatic N) is 2. The summed E-state index contributed by atoms with van der Waals surface area (Å²) in [5, 5.41) is 18.8. The number of carbonyl (C=O) groups excluding carboxylic acids is 2. The van der Waals surface area contributed by atoms with Crippen LogP contribution >= 0.6 is 0 Å². The van der Waals surface area contributed by atoms with Crippen molar-refractivity contribution >= 4 is 35.0 Å². The number of aliphatic imine (C=N–C) groups is 1. The van der Waals surface area contributed by atoms with E-state index in [-0.39, 0.29) is 31.9 Å². The van der Waals surface area contributed by atoms with Crippen LogP contribution in [0.15, 0.2) is 35.5 Å². The molecule has 2 rings (SSSR count). The fraction of sp³-hybridized carbons (Fsp3) is 0.368. The molecule has 2 amide bonds. The second kappa shape index (κ2) is 10.8. The molecule has 2 unspecified atom stereocenters. The summed E-state index contributed by atoms with van der Waals surface area (Å²) in [5.74, 6) is -2.44. The third kappa shape index (κ3) is 6.48. The zero-order valence-electron chi connectivity index (χ0n) is 16.4. The van der Waals surface area contributed by atoms with Gasteiger partial charge in [0, 0.05) is 24.7 Å². The predicted octanol–water partition coefficient (Wildman–Crippen LogP) is -1.27. The second-order valence-electron chi connectivity index (χ2n) is 6.68. The van der Waals surface area contributed by atoms with Gasteiger partial charge in [-0.15, -0.1) is 0 Å². The van der Waals surface area contributed by atoms with Crippen molar-refractivity contribution in [3.05, 3.63) is 36.0 Å². The Morgan fingerprint density at radius 2 is 1.87 bits per heavy atom. The standard InChI is InChI=1S/C19H26N7O4/c20-9-16(27)25-14(6-3-7-23-19(21)22)17(28)26-15(18(29)30)8-11-10-24-13-5-2-1-4-12(11)13/h1-2,4-5,10,14-15H,3,6-9,20H2,(H,25,27)(H,26,28)(H,29,30)(H4,21,22,23).